The highest BCUT2D eigenvalue weighted by Crippen LogP contribution is 2.46. The lowest BCUT2D eigenvalue weighted by molar-refractivity contribution is -0.296. The van der Waals surface area contributed by atoms with Crippen LogP contribution in [0.4, 0.5) is 0 Å². The molecule has 6 unspecified atom stereocenters. The molecular weight excluding hydrogens is 735 g/mol. The molecule has 3 saturated heterocycles. The third kappa shape index (κ3) is 9.18. The second-order valence-corrected chi connectivity index (χ2v) is 17.4. The number of carbonyl (C=O) groups is 3. The van der Waals surface area contributed by atoms with Crippen LogP contribution >= 0.6 is 11.3 Å². The van der Waals surface area contributed by atoms with Gasteiger partial charge in [-0.3, -0.25) is 19.4 Å². The molecule has 0 aliphatic carbocycles. The summed E-state index contributed by atoms with van der Waals surface area (Å²) in [5.41, 5.74) is -0.461. The second-order valence-electron chi connectivity index (χ2n) is 16.4. The van der Waals surface area contributed by atoms with Crippen molar-refractivity contribution < 1.29 is 43.2 Å². The summed E-state index contributed by atoms with van der Waals surface area (Å²) in [6, 6.07) is 3.63. The summed E-state index contributed by atoms with van der Waals surface area (Å²) in [5, 5.41) is 13.6. The Hall–Kier alpha value is -3.35. The van der Waals surface area contributed by atoms with Gasteiger partial charge in [-0.15, -0.1) is 11.3 Å². The maximum absolute atomic E-state index is 14.5. The van der Waals surface area contributed by atoms with Crippen LogP contribution in [0.5, 0.6) is 0 Å². The fraction of sp³-hybridized carbons (Fsp3) is 0.651. The minimum absolute atomic E-state index is 0.0607. The molecule has 0 spiro atoms. The van der Waals surface area contributed by atoms with Crippen LogP contribution in [-0.4, -0.2) is 113 Å². The Balaban J connectivity index is 1.55. The average molecular weight is 794 g/mol. The van der Waals surface area contributed by atoms with E-state index in [9.17, 15) is 19.5 Å². The van der Waals surface area contributed by atoms with Crippen molar-refractivity contribution in [3.63, 3.8) is 0 Å². The molecule has 3 fully saturated rings. The fourth-order valence-corrected chi connectivity index (χ4v) is 9.61. The van der Waals surface area contributed by atoms with Crippen LogP contribution in [0, 0.1) is 41.4 Å². The lowest BCUT2D eigenvalue weighted by Gasteiger charge is -2.47. The zero-order valence-electron chi connectivity index (χ0n) is 34.4. The van der Waals surface area contributed by atoms with E-state index in [0.717, 1.165) is 16.1 Å². The first-order valence-electron chi connectivity index (χ1n) is 19.7. The van der Waals surface area contributed by atoms with Gasteiger partial charge < -0.3 is 33.7 Å². The number of likely N-dealkylation sites (N-methyl/N-ethyl adjacent to an activating group) is 1. The van der Waals surface area contributed by atoms with Crippen LogP contribution < -0.4 is 0 Å². The number of cyclic esters (lactones) is 1. The number of rotatable bonds is 7. The monoisotopic (exact) mass is 793 g/mol. The summed E-state index contributed by atoms with van der Waals surface area (Å²) in [6.07, 6.45) is 0.0323. The number of Topliss-reactive ketones (excluding diaryl/α,β-unsaturated/α-hetero) is 2. The Kier molecular flexibility index (Phi) is 14.1. The summed E-state index contributed by atoms with van der Waals surface area (Å²) in [7, 11) is 3.76. The molecule has 2 aromatic rings. The first-order valence-corrected chi connectivity index (χ1v) is 20.5. The molecule has 1 N–H and O–H groups in total. The highest BCUT2D eigenvalue weighted by molar-refractivity contribution is 7.13. The number of aliphatic hydroxyl groups is 1. The predicted molar refractivity (Wildman–Crippen MR) is 212 cm³/mol. The van der Waals surface area contributed by atoms with Crippen molar-refractivity contribution in [3.05, 3.63) is 47.8 Å². The first kappa shape index (κ1) is 43.8. The smallest absolute Gasteiger partial charge is 0.316 e. The van der Waals surface area contributed by atoms with Crippen molar-refractivity contribution >= 4 is 28.9 Å². The van der Waals surface area contributed by atoms with E-state index in [2.05, 4.69) is 28.4 Å². The molecule has 5 heterocycles. The van der Waals surface area contributed by atoms with Crippen LogP contribution in [0.25, 0.3) is 10.6 Å². The average Bonchev–Trinajstić information content (AvgIpc) is 3.82. The molecule has 56 heavy (non-hydrogen) atoms. The molecule has 0 radical (unpaired) electrons. The topological polar surface area (TPSA) is 147 Å². The van der Waals surface area contributed by atoms with Crippen LogP contribution in [-0.2, 0) is 38.1 Å². The molecular formula is C43H59N3O9S. The SMILES string of the molecule is C=C1CO[C@]2(C)C(CC)OC(=O)[C@H](C)C(=O)[C@H](C)[C@@H](O[C@H]3O[C@@H](C)CC(N(C)C)[C@@H]3O)C(C)(OCC#Cc3cnc(-c4cccs4)cn3)CC(C)C(=O)C(C)C12. The van der Waals surface area contributed by atoms with Crippen LogP contribution in [0.2, 0.25) is 0 Å². The molecule has 3 aliphatic heterocycles. The number of aliphatic hydroxyl groups excluding tert-OH is 1. The number of aromatic nitrogens is 2. The number of fused-ring (bicyclic) bond motifs is 1. The lowest BCUT2D eigenvalue weighted by atomic mass is 9.69. The number of esters is 1. The van der Waals surface area contributed by atoms with Gasteiger partial charge in [-0.1, -0.05) is 46.3 Å². The van der Waals surface area contributed by atoms with E-state index >= 15 is 0 Å². The maximum Gasteiger partial charge on any atom is 0.316 e. The molecule has 0 saturated carbocycles. The van der Waals surface area contributed by atoms with E-state index in [0.29, 0.717) is 18.5 Å². The number of ether oxygens (including phenoxy) is 5. The van der Waals surface area contributed by atoms with Crippen molar-refractivity contribution in [2.45, 2.75) is 123 Å². The van der Waals surface area contributed by atoms with Crippen molar-refractivity contribution in [1.29, 1.82) is 0 Å². The molecule has 2 aromatic heterocycles. The van der Waals surface area contributed by atoms with E-state index in [4.69, 9.17) is 23.7 Å². The number of hydrogen-bond acceptors (Lipinski definition) is 13. The standard InChI is InChI=1S/C43H59N3O9S/c1-12-34-43(9)35(25(3)23-52-43)27(5)36(47)24(2)20-42(8,51-17-13-15-30-21-45-31(22-44-30)33-16-14-18-56-33)39(28(6)37(48)29(7)40(50)54-34)55-41-38(49)32(46(10)11)19-26(4)53-41/h14,16,18,21-22,24,26-29,32,34-35,38-39,41,49H,3,12,17,19-20,23H2,1-2,4-11H3/t24?,26-,27?,28-,29+,32?,34?,35?,38-,39+,41+,42?,43+/m0/s1. The normalized spacial score (nSPS) is 37.4. The Morgan fingerprint density at radius 1 is 1.07 bits per heavy atom. The van der Waals surface area contributed by atoms with Crippen molar-refractivity contribution in [2.75, 3.05) is 27.3 Å². The second kappa shape index (κ2) is 18.1. The number of nitrogens with zero attached hydrogens (tertiary/aromatic N) is 3. The van der Waals surface area contributed by atoms with Crippen LogP contribution in [0.15, 0.2) is 42.1 Å². The van der Waals surface area contributed by atoms with Crippen molar-refractivity contribution in [1.82, 2.24) is 14.9 Å². The van der Waals surface area contributed by atoms with Gasteiger partial charge in [0.25, 0.3) is 0 Å². The quantitative estimate of drug-likeness (QED) is 0.163. The summed E-state index contributed by atoms with van der Waals surface area (Å²) in [4.78, 5) is 54.7. The summed E-state index contributed by atoms with van der Waals surface area (Å²) >= 11 is 1.57. The number of hydrogen-bond donors (Lipinski definition) is 1. The largest absolute Gasteiger partial charge is 0.459 e. The molecule has 0 amide bonds. The summed E-state index contributed by atoms with van der Waals surface area (Å²) < 4.78 is 32.0. The maximum atomic E-state index is 14.5. The van der Waals surface area contributed by atoms with Crippen LogP contribution in [0.3, 0.4) is 0 Å². The Morgan fingerprint density at radius 2 is 1.80 bits per heavy atom. The van der Waals surface area contributed by atoms with E-state index in [1.54, 1.807) is 37.6 Å². The third-order valence-electron chi connectivity index (χ3n) is 12.0. The minimum Gasteiger partial charge on any atom is -0.459 e. The van der Waals surface area contributed by atoms with Gasteiger partial charge in [-0.05, 0) is 84.0 Å². The highest BCUT2D eigenvalue weighted by Gasteiger charge is 2.55. The summed E-state index contributed by atoms with van der Waals surface area (Å²) in [5.74, 6) is 1.09. The van der Waals surface area contributed by atoms with Gasteiger partial charge in [0.05, 0.1) is 47.4 Å². The Bertz CT molecular complexity index is 1770. The zero-order valence-corrected chi connectivity index (χ0v) is 35.3. The molecule has 0 bridgehead atoms. The number of ketones is 2. The molecule has 3 aliphatic rings. The molecule has 13 heteroatoms. The van der Waals surface area contributed by atoms with Gasteiger partial charge in [0.1, 0.15) is 41.8 Å². The molecule has 5 rings (SSSR count). The highest BCUT2D eigenvalue weighted by atomic mass is 32.1. The first-order chi connectivity index (χ1) is 26.4. The zero-order chi connectivity index (χ0) is 41.1. The lowest BCUT2D eigenvalue weighted by Crippen LogP contribution is -2.59. The van der Waals surface area contributed by atoms with E-state index in [1.165, 1.54) is 6.92 Å². The molecule has 0 aromatic carbocycles. The van der Waals surface area contributed by atoms with Gasteiger partial charge in [0.2, 0.25) is 0 Å². The van der Waals surface area contributed by atoms with Gasteiger partial charge in [0.15, 0.2) is 12.1 Å². The van der Waals surface area contributed by atoms with Gasteiger partial charge in [0, 0.05) is 29.7 Å². The van der Waals surface area contributed by atoms with Gasteiger partial charge in [-0.25, -0.2) is 4.98 Å². The fourth-order valence-electron chi connectivity index (χ4n) is 8.92. The Morgan fingerprint density at radius 3 is 2.43 bits per heavy atom. The molecule has 306 valence electrons. The summed E-state index contributed by atoms with van der Waals surface area (Å²) in [6.45, 7) is 18.7. The van der Waals surface area contributed by atoms with Crippen molar-refractivity contribution in [2.24, 2.45) is 29.6 Å². The van der Waals surface area contributed by atoms with E-state index in [-0.39, 0.29) is 37.6 Å². The third-order valence-corrected chi connectivity index (χ3v) is 12.9. The van der Waals surface area contributed by atoms with Gasteiger partial charge >= 0.3 is 5.97 Å². The van der Waals surface area contributed by atoms with Gasteiger partial charge in [-0.2, -0.15) is 0 Å². The molecule has 12 nitrogen and oxygen atoms in total. The number of thiophene rings is 1. The minimum atomic E-state index is -1.36. The van der Waals surface area contributed by atoms with E-state index < -0.39 is 77.1 Å². The predicted octanol–water partition coefficient (Wildman–Crippen LogP) is 5.51. The number of carbonyl (C=O) groups excluding carboxylic acids is 3. The molecule has 13 atom stereocenters. The van der Waals surface area contributed by atoms with E-state index in [1.807, 2.05) is 71.1 Å². The Labute approximate surface area is 335 Å². The van der Waals surface area contributed by atoms with Crippen molar-refractivity contribution in [3.8, 4) is 22.4 Å². The van der Waals surface area contributed by atoms with Crippen LogP contribution in [0.1, 0.15) is 80.3 Å².